The SMILES string of the molecule is Clc1cccc(CNc2cccc(-c3nnco3)c2)c1Cl. The molecule has 1 N–H and O–H groups in total. The summed E-state index contributed by atoms with van der Waals surface area (Å²) in [6.07, 6.45) is 1.31. The van der Waals surface area contributed by atoms with Crippen molar-refractivity contribution in [2.75, 3.05) is 5.32 Å². The van der Waals surface area contributed by atoms with Crippen molar-refractivity contribution >= 4 is 28.9 Å². The fraction of sp³-hybridized carbons (Fsp3) is 0.0667. The van der Waals surface area contributed by atoms with Crippen LogP contribution in [0.25, 0.3) is 11.5 Å². The van der Waals surface area contributed by atoms with Crippen molar-refractivity contribution in [1.29, 1.82) is 0 Å². The van der Waals surface area contributed by atoms with E-state index in [0.717, 1.165) is 16.8 Å². The van der Waals surface area contributed by atoms with Crippen LogP contribution < -0.4 is 5.32 Å². The Morgan fingerprint density at radius 2 is 1.95 bits per heavy atom. The molecular formula is C15H11Cl2N3O. The summed E-state index contributed by atoms with van der Waals surface area (Å²) in [6, 6.07) is 13.3. The molecular weight excluding hydrogens is 309 g/mol. The standard InChI is InChI=1S/C15H11Cl2N3O/c16-13-6-2-4-11(14(13)17)8-18-12-5-1-3-10(7-12)15-20-19-9-21-15/h1-7,9,18H,8H2. The molecule has 0 aliphatic heterocycles. The highest BCUT2D eigenvalue weighted by Gasteiger charge is 2.06. The topological polar surface area (TPSA) is 51.0 Å². The van der Waals surface area contributed by atoms with Gasteiger partial charge in [0, 0.05) is 17.8 Å². The number of rotatable bonds is 4. The van der Waals surface area contributed by atoms with E-state index in [4.69, 9.17) is 27.6 Å². The van der Waals surface area contributed by atoms with Gasteiger partial charge in [-0.05, 0) is 29.8 Å². The van der Waals surface area contributed by atoms with E-state index >= 15 is 0 Å². The number of hydrogen-bond acceptors (Lipinski definition) is 4. The third kappa shape index (κ3) is 3.17. The summed E-state index contributed by atoms with van der Waals surface area (Å²) in [5.74, 6) is 0.486. The van der Waals surface area contributed by atoms with E-state index in [-0.39, 0.29) is 0 Å². The Morgan fingerprint density at radius 3 is 2.76 bits per heavy atom. The summed E-state index contributed by atoms with van der Waals surface area (Å²) >= 11 is 12.2. The van der Waals surface area contributed by atoms with E-state index in [9.17, 15) is 0 Å². The fourth-order valence-corrected chi connectivity index (χ4v) is 2.33. The first kappa shape index (κ1) is 13.9. The second-order valence-corrected chi connectivity index (χ2v) is 5.18. The summed E-state index contributed by atoms with van der Waals surface area (Å²) in [7, 11) is 0. The van der Waals surface area contributed by atoms with Gasteiger partial charge < -0.3 is 9.73 Å². The Bertz CT molecular complexity index is 744. The van der Waals surface area contributed by atoms with Crippen LogP contribution in [0.15, 0.2) is 53.3 Å². The van der Waals surface area contributed by atoms with Gasteiger partial charge in [0.1, 0.15) is 0 Å². The second kappa shape index (κ2) is 6.16. The Morgan fingerprint density at radius 1 is 1.10 bits per heavy atom. The van der Waals surface area contributed by atoms with Crippen LogP contribution in [-0.4, -0.2) is 10.2 Å². The van der Waals surface area contributed by atoms with Crippen molar-refractivity contribution in [2.45, 2.75) is 6.54 Å². The number of hydrogen-bond donors (Lipinski definition) is 1. The minimum atomic E-state index is 0.486. The lowest BCUT2D eigenvalue weighted by Gasteiger charge is -2.09. The van der Waals surface area contributed by atoms with Gasteiger partial charge in [0.25, 0.3) is 0 Å². The lowest BCUT2D eigenvalue weighted by molar-refractivity contribution is 0.568. The fourth-order valence-electron chi connectivity index (χ4n) is 1.94. The largest absolute Gasteiger partial charge is 0.423 e. The summed E-state index contributed by atoms with van der Waals surface area (Å²) in [4.78, 5) is 0. The Labute approximate surface area is 131 Å². The smallest absolute Gasteiger partial charge is 0.247 e. The summed E-state index contributed by atoms with van der Waals surface area (Å²) < 4.78 is 5.18. The first-order valence-electron chi connectivity index (χ1n) is 6.27. The molecule has 6 heteroatoms. The Kier molecular flexibility index (Phi) is 4.08. The van der Waals surface area contributed by atoms with E-state index in [1.807, 2.05) is 36.4 Å². The summed E-state index contributed by atoms with van der Waals surface area (Å²) in [6.45, 7) is 0.576. The lowest BCUT2D eigenvalue weighted by Crippen LogP contribution is -2.00. The van der Waals surface area contributed by atoms with Gasteiger partial charge in [-0.15, -0.1) is 10.2 Å². The maximum Gasteiger partial charge on any atom is 0.247 e. The summed E-state index contributed by atoms with van der Waals surface area (Å²) in [5, 5.41) is 12.0. The minimum absolute atomic E-state index is 0.486. The molecule has 3 rings (SSSR count). The van der Waals surface area contributed by atoms with E-state index in [1.54, 1.807) is 6.07 Å². The van der Waals surface area contributed by atoms with Gasteiger partial charge in [-0.1, -0.05) is 41.4 Å². The van der Waals surface area contributed by atoms with Gasteiger partial charge >= 0.3 is 0 Å². The maximum absolute atomic E-state index is 6.17. The number of anilines is 1. The average Bonchev–Trinajstić information content (AvgIpc) is 3.03. The van der Waals surface area contributed by atoms with Crippen LogP contribution in [0.2, 0.25) is 10.0 Å². The zero-order valence-corrected chi connectivity index (χ0v) is 12.4. The number of aromatic nitrogens is 2. The predicted octanol–water partition coefficient (Wildman–Crippen LogP) is 4.66. The average molecular weight is 320 g/mol. The van der Waals surface area contributed by atoms with Gasteiger partial charge in [-0.2, -0.15) is 0 Å². The molecule has 106 valence electrons. The van der Waals surface area contributed by atoms with Crippen molar-refractivity contribution in [3.8, 4) is 11.5 Å². The normalized spacial score (nSPS) is 10.6. The first-order chi connectivity index (χ1) is 10.2. The molecule has 0 atom stereocenters. The van der Waals surface area contributed by atoms with E-state index < -0.39 is 0 Å². The molecule has 0 amide bonds. The molecule has 0 bridgehead atoms. The molecule has 0 unspecified atom stereocenters. The van der Waals surface area contributed by atoms with Crippen LogP contribution in [0.4, 0.5) is 5.69 Å². The molecule has 4 nitrogen and oxygen atoms in total. The van der Waals surface area contributed by atoms with Crippen molar-refractivity contribution < 1.29 is 4.42 Å². The summed E-state index contributed by atoms with van der Waals surface area (Å²) in [5.41, 5.74) is 2.73. The number of halogens is 2. The highest BCUT2D eigenvalue weighted by Crippen LogP contribution is 2.26. The van der Waals surface area contributed by atoms with Crippen LogP contribution in [0.3, 0.4) is 0 Å². The zero-order valence-electron chi connectivity index (χ0n) is 10.9. The Hall–Kier alpha value is -2.04. The minimum Gasteiger partial charge on any atom is -0.423 e. The van der Waals surface area contributed by atoms with Crippen molar-refractivity contribution in [2.24, 2.45) is 0 Å². The molecule has 2 aromatic carbocycles. The van der Waals surface area contributed by atoms with Crippen LogP contribution in [0, 0.1) is 0 Å². The van der Waals surface area contributed by atoms with Crippen molar-refractivity contribution in [3.05, 3.63) is 64.5 Å². The predicted molar refractivity (Wildman–Crippen MR) is 83.5 cm³/mol. The van der Waals surface area contributed by atoms with E-state index in [1.165, 1.54) is 6.39 Å². The van der Waals surface area contributed by atoms with Crippen molar-refractivity contribution in [1.82, 2.24) is 10.2 Å². The van der Waals surface area contributed by atoms with Gasteiger partial charge in [0.15, 0.2) is 0 Å². The Balaban J connectivity index is 1.77. The maximum atomic E-state index is 6.17. The quantitative estimate of drug-likeness (QED) is 0.760. The molecule has 21 heavy (non-hydrogen) atoms. The number of nitrogens with zero attached hydrogens (tertiary/aromatic N) is 2. The lowest BCUT2D eigenvalue weighted by atomic mass is 10.2. The zero-order chi connectivity index (χ0) is 14.7. The first-order valence-corrected chi connectivity index (χ1v) is 7.03. The van der Waals surface area contributed by atoms with Crippen LogP contribution in [0.1, 0.15) is 5.56 Å². The van der Waals surface area contributed by atoms with Gasteiger partial charge in [0.05, 0.1) is 10.0 Å². The molecule has 0 saturated carbocycles. The van der Waals surface area contributed by atoms with Crippen LogP contribution >= 0.6 is 23.2 Å². The van der Waals surface area contributed by atoms with Crippen LogP contribution in [-0.2, 0) is 6.54 Å². The molecule has 0 saturated heterocycles. The molecule has 3 aromatic rings. The molecule has 0 spiro atoms. The molecule has 0 aliphatic rings. The molecule has 0 fully saturated rings. The van der Waals surface area contributed by atoms with Gasteiger partial charge in [0.2, 0.25) is 12.3 Å². The van der Waals surface area contributed by atoms with Gasteiger partial charge in [-0.25, -0.2) is 0 Å². The molecule has 0 aliphatic carbocycles. The molecule has 0 radical (unpaired) electrons. The van der Waals surface area contributed by atoms with Crippen LogP contribution in [0.5, 0.6) is 0 Å². The highest BCUT2D eigenvalue weighted by atomic mass is 35.5. The van der Waals surface area contributed by atoms with E-state index in [0.29, 0.717) is 22.5 Å². The third-order valence-electron chi connectivity index (χ3n) is 2.98. The molecule has 1 aromatic heterocycles. The second-order valence-electron chi connectivity index (χ2n) is 4.39. The monoisotopic (exact) mass is 319 g/mol. The van der Waals surface area contributed by atoms with Crippen molar-refractivity contribution in [3.63, 3.8) is 0 Å². The highest BCUT2D eigenvalue weighted by molar-refractivity contribution is 6.42. The van der Waals surface area contributed by atoms with Gasteiger partial charge in [-0.3, -0.25) is 0 Å². The number of benzene rings is 2. The van der Waals surface area contributed by atoms with E-state index in [2.05, 4.69) is 15.5 Å². The molecule has 1 heterocycles. The number of nitrogens with one attached hydrogen (secondary N) is 1. The third-order valence-corrected chi connectivity index (χ3v) is 3.84.